The van der Waals surface area contributed by atoms with Crippen LogP contribution in [0.2, 0.25) is 0 Å². The lowest BCUT2D eigenvalue weighted by molar-refractivity contribution is -0.146. The van der Waals surface area contributed by atoms with Gasteiger partial charge in [0.1, 0.15) is 0 Å². The van der Waals surface area contributed by atoms with Gasteiger partial charge in [0, 0.05) is 34.2 Å². The fourth-order valence-electron chi connectivity index (χ4n) is 6.19. The van der Waals surface area contributed by atoms with Crippen molar-refractivity contribution in [3.8, 4) is 0 Å². The molecule has 0 bridgehead atoms. The van der Waals surface area contributed by atoms with Crippen molar-refractivity contribution in [3.63, 3.8) is 0 Å². The molecule has 2 unspecified atom stereocenters. The lowest BCUT2D eigenvalue weighted by Crippen LogP contribution is -2.53. The molecular weight excluding hydrogens is 534 g/mol. The van der Waals surface area contributed by atoms with Gasteiger partial charge < -0.3 is 29.7 Å². The number of likely N-dealkylation sites (tertiary alicyclic amines) is 1. The minimum atomic E-state index is -0.845. The highest BCUT2D eigenvalue weighted by Crippen LogP contribution is 2.30. The zero-order valence-corrected chi connectivity index (χ0v) is 27.2. The number of amides is 3. The summed E-state index contributed by atoms with van der Waals surface area (Å²) >= 11 is 0. The first-order valence-corrected chi connectivity index (χ1v) is 15.5. The molecule has 0 aliphatic carbocycles. The van der Waals surface area contributed by atoms with Gasteiger partial charge in [0.15, 0.2) is 0 Å². The van der Waals surface area contributed by atoms with Crippen molar-refractivity contribution in [2.24, 2.45) is 17.8 Å². The second-order valence-corrected chi connectivity index (χ2v) is 12.4. The van der Waals surface area contributed by atoms with Gasteiger partial charge in [0.2, 0.25) is 17.7 Å². The van der Waals surface area contributed by atoms with E-state index >= 15 is 0 Å². The molecule has 42 heavy (non-hydrogen) atoms. The van der Waals surface area contributed by atoms with Crippen LogP contribution in [0, 0.1) is 17.8 Å². The summed E-state index contributed by atoms with van der Waals surface area (Å²) in [6.07, 6.45) is 1.15. The van der Waals surface area contributed by atoms with Crippen molar-refractivity contribution < 1.29 is 29.0 Å². The molecule has 0 aromatic heterocycles. The van der Waals surface area contributed by atoms with E-state index in [0.29, 0.717) is 13.0 Å². The Kier molecular flexibility index (Phi) is 14.4. The predicted molar refractivity (Wildman–Crippen MR) is 165 cm³/mol. The molecule has 2 N–H and O–H groups in total. The first kappa shape index (κ1) is 35.7. The van der Waals surface area contributed by atoms with Crippen LogP contribution in [0.5, 0.6) is 0 Å². The summed E-state index contributed by atoms with van der Waals surface area (Å²) < 4.78 is 11.8. The van der Waals surface area contributed by atoms with Crippen LogP contribution in [-0.2, 0) is 23.9 Å². The zero-order valence-electron chi connectivity index (χ0n) is 27.2. The SMILES string of the molecule is CC[C@H](C)C([C@@H](CC(=O)N1CCC[C@H]1C(OC)[C@@H](C)C(=O)N[C@H](C)[C@@H](O)c1ccccc1)OC)N(C)C(=O)CC(C)C. The maximum Gasteiger partial charge on any atom is 0.225 e. The molecule has 2 rings (SSSR count). The number of likely N-dealkylation sites (N-methyl/N-ethyl adjacent to an activating group) is 1. The molecule has 9 heteroatoms. The molecule has 0 spiro atoms. The molecule has 1 aliphatic rings. The summed E-state index contributed by atoms with van der Waals surface area (Å²) in [6, 6.07) is 8.22. The van der Waals surface area contributed by atoms with Crippen LogP contribution in [0.1, 0.15) is 85.3 Å². The fourth-order valence-corrected chi connectivity index (χ4v) is 6.19. The van der Waals surface area contributed by atoms with Gasteiger partial charge in [-0.1, -0.05) is 71.4 Å². The maximum atomic E-state index is 13.8. The van der Waals surface area contributed by atoms with E-state index in [9.17, 15) is 19.5 Å². The topological polar surface area (TPSA) is 108 Å². The van der Waals surface area contributed by atoms with Crippen LogP contribution >= 0.6 is 0 Å². The average Bonchev–Trinajstić information content (AvgIpc) is 3.46. The van der Waals surface area contributed by atoms with E-state index in [-0.39, 0.29) is 48.1 Å². The lowest BCUT2D eigenvalue weighted by atomic mass is 9.90. The second kappa shape index (κ2) is 17.0. The van der Waals surface area contributed by atoms with Gasteiger partial charge in [-0.15, -0.1) is 0 Å². The van der Waals surface area contributed by atoms with Crippen LogP contribution in [-0.4, -0.2) is 90.8 Å². The van der Waals surface area contributed by atoms with Crippen molar-refractivity contribution in [1.29, 1.82) is 0 Å². The summed E-state index contributed by atoms with van der Waals surface area (Å²) in [5.41, 5.74) is 0.730. The summed E-state index contributed by atoms with van der Waals surface area (Å²) in [7, 11) is 4.99. The molecule has 238 valence electrons. The quantitative estimate of drug-likeness (QED) is 0.299. The first-order chi connectivity index (χ1) is 19.9. The van der Waals surface area contributed by atoms with E-state index in [0.717, 1.165) is 24.8 Å². The third kappa shape index (κ3) is 9.25. The number of methoxy groups -OCH3 is 2. The van der Waals surface area contributed by atoms with E-state index < -0.39 is 30.3 Å². The Morgan fingerprint density at radius 3 is 2.24 bits per heavy atom. The maximum absolute atomic E-state index is 13.8. The minimum Gasteiger partial charge on any atom is -0.386 e. The summed E-state index contributed by atoms with van der Waals surface area (Å²) in [4.78, 5) is 43.7. The highest BCUT2D eigenvalue weighted by molar-refractivity contribution is 5.81. The van der Waals surface area contributed by atoms with Gasteiger partial charge >= 0.3 is 0 Å². The Balaban J connectivity index is 2.15. The summed E-state index contributed by atoms with van der Waals surface area (Å²) in [5, 5.41) is 13.7. The molecule has 1 saturated heterocycles. The number of hydrogen-bond acceptors (Lipinski definition) is 6. The molecule has 1 heterocycles. The van der Waals surface area contributed by atoms with E-state index in [1.807, 2.05) is 56.1 Å². The summed E-state index contributed by atoms with van der Waals surface area (Å²) in [5.74, 6) is -0.424. The number of benzene rings is 1. The van der Waals surface area contributed by atoms with Crippen LogP contribution in [0.25, 0.3) is 0 Å². The highest BCUT2D eigenvalue weighted by Gasteiger charge is 2.42. The fraction of sp³-hybridized carbons (Fsp3) is 0.727. The molecule has 0 saturated carbocycles. The number of aliphatic hydroxyl groups is 1. The Bertz CT molecular complexity index is 989. The molecule has 1 aliphatic heterocycles. The third-order valence-electron chi connectivity index (χ3n) is 8.87. The van der Waals surface area contributed by atoms with Crippen LogP contribution in [0.15, 0.2) is 30.3 Å². The normalized spacial score (nSPS) is 20.4. The van der Waals surface area contributed by atoms with Gasteiger partial charge in [0.05, 0.1) is 48.8 Å². The van der Waals surface area contributed by atoms with Crippen LogP contribution < -0.4 is 5.32 Å². The van der Waals surface area contributed by atoms with Gasteiger partial charge in [-0.2, -0.15) is 0 Å². The smallest absolute Gasteiger partial charge is 0.225 e. The standard InChI is InChI=1S/C33H55N3O6/c1-10-22(4)30(35(7)28(37)19-21(2)3)27(41-8)20-29(38)36-18-14-17-26(36)32(42-9)23(5)33(40)34-24(6)31(39)25-15-12-11-13-16-25/h11-13,15-16,21-24,26-27,30-32,39H,10,14,17-20H2,1-9H3,(H,34,40)/t22-,23+,24+,26-,27+,30?,31+,32?/m0/s1. The number of aliphatic hydroxyl groups excluding tert-OH is 1. The van der Waals surface area contributed by atoms with Crippen LogP contribution in [0.4, 0.5) is 0 Å². The van der Waals surface area contributed by atoms with E-state index in [2.05, 4.69) is 19.2 Å². The minimum absolute atomic E-state index is 0.0507. The second-order valence-electron chi connectivity index (χ2n) is 12.4. The monoisotopic (exact) mass is 589 g/mol. The van der Waals surface area contributed by atoms with E-state index in [1.165, 1.54) is 0 Å². The molecular formula is C33H55N3O6. The Labute approximate surface area is 253 Å². The number of nitrogens with zero attached hydrogens (tertiary/aromatic N) is 2. The van der Waals surface area contributed by atoms with Crippen LogP contribution in [0.3, 0.4) is 0 Å². The Hall–Kier alpha value is -2.49. The number of carbonyl (C=O) groups is 3. The highest BCUT2D eigenvalue weighted by atomic mass is 16.5. The lowest BCUT2D eigenvalue weighted by Gasteiger charge is -2.39. The average molecular weight is 590 g/mol. The largest absolute Gasteiger partial charge is 0.386 e. The van der Waals surface area contributed by atoms with Gasteiger partial charge in [0.25, 0.3) is 0 Å². The predicted octanol–water partition coefficient (Wildman–Crippen LogP) is 4.19. The number of hydrogen-bond donors (Lipinski definition) is 2. The number of rotatable bonds is 16. The Morgan fingerprint density at radius 1 is 1.05 bits per heavy atom. The third-order valence-corrected chi connectivity index (χ3v) is 8.87. The number of carbonyl (C=O) groups excluding carboxylic acids is 3. The van der Waals surface area contributed by atoms with E-state index in [1.54, 1.807) is 33.0 Å². The van der Waals surface area contributed by atoms with Crippen molar-refractivity contribution in [1.82, 2.24) is 15.1 Å². The van der Waals surface area contributed by atoms with Gasteiger partial charge in [-0.3, -0.25) is 14.4 Å². The zero-order chi connectivity index (χ0) is 31.6. The molecule has 9 nitrogen and oxygen atoms in total. The van der Waals surface area contributed by atoms with Crippen molar-refractivity contribution in [2.45, 2.75) is 110 Å². The van der Waals surface area contributed by atoms with Crippen molar-refractivity contribution in [2.75, 3.05) is 27.8 Å². The summed E-state index contributed by atoms with van der Waals surface area (Å²) in [6.45, 7) is 12.4. The van der Waals surface area contributed by atoms with E-state index in [4.69, 9.17) is 9.47 Å². The number of ether oxygens (including phenoxy) is 2. The first-order valence-electron chi connectivity index (χ1n) is 15.5. The van der Waals surface area contributed by atoms with Gasteiger partial charge in [-0.25, -0.2) is 0 Å². The molecule has 3 amide bonds. The molecule has 1 aromatic carbocycles. The molecule has 0 radical (unpaired) electrons. The molecule has 1 aromatic rings. The molecule has 1 fully saturated rings. The van der Waals surface area contributed by atoms with Gasteiger partial charge in [-0.05, 0) is 37.2 Å². The number of nitrogens with one attached hydrogen (secondary N) is 1. The van der Waals surface area contributed by atoms with Crippen molar-refractivity contribution in [3.05, 3.63) is 35.9 Å². The molecule has 8 atom stereocenters. The Morgan fingerprint density at radius 2 is 1.69 bits per heavy atom. The van der Waals surface area contributed by atoms with Crippen molar-refractivity contribution >= 4 is 17.7 Å².